The number of hydrogen-bond donors (Lipinski definition) is 2. The van der Waals surface area contributed by atoms with E-state index >= 15 is 0 Å². The molecule has 1 amide bonds. The molecule has 3 rings (SSSR count). The fourth-order valence-electron chi connectivity index (χ4n) is 2.73. The van der Waals surface area contributed by atoms with E-state index in [0.29, 0.717) is 31.6 Å². The van der Waals surface area contributed by atoms with Gasteiger partial charge in [0.1, 0.15) is 0 Å². The molecule has 1 saturated heterocycles. The van der Waals surface area contributed by atoms with Crippen molar-refractivity contribution in [1.29, 1.82) is 0 Å². The van der Waals surface area contributed by atoms with Gasteiger partial charge >= 0.3 is 0 Å². The molecule has 0 aliphatic carbocycles. The SMILES string of the molecule is O=C(NC1(CO)CCOCC1)c1ccc2ccccc2c1. The highest BCUT2D eigenvalue weighted by atomic mass is 16.5. The van der Waals surface area contributed by atoms with Gasteiger partial charge in [-0.3, -0.25) is 4.79 Å². The lowest BCUT2D eigenvalue weighted by molar-refractivity contribution is 0.0125. The van der Waals surface area contributed by atoms with Crippen LogP contribution in [0.1, 0.15) is 23.2 Å². The molecule has 21 heavy (non-hydrogen) atoms. The summed E-state index contributed by atoms with van der Waals surface area (Å²) in [5, 5.41) is 14.8. The Hall–Kier alpha value is -1.91. The number of aliphatic hydroxyl groups excluding tert-OH is 1. The Morgan fingerprint density at radius 2 is 1.86 bits per heavy atom. The molecule has 2 aromatic rings. The molecule has 110 valence electrons. The quantitative estimate of drug-likeness (QED) is 0.908. The van der Waals surface area contributed by atoms with E-state index in [1.807, 2.05) is 42.5 Å². The average molecular weight is 285 g/mol. The van der Waals surface area contributed by atoms with Crippen molar-refractivity contribution in [2.45, 2.75) is 18.4 Å². The number of carbonyl (C=O) groups is 1. The zero-order chi connectivity index (χ0) is 14.7. The predicted octanol–water partition coefficient (Wildman–Crippen LogP) is 2.11. The summed E-state index contributed by atoms with van der Waals surface area (Å²) in [6.45, 7) is 1.08. The van der Waals surface area contributed by atoms with Gasteiger partial charge in [0.15, 0.2) is 0 Å². The topological polar surface area (TPSA) is 58.6 Å². The molecule has 1 aliphatic rings. The second kappa shape index (κ2) is 5.84. The van der Waals surface area contributed by atoms with E-state index in [2.05, 4.69) is 5.32 Å². The van der Waals surface area contributed by atoms with Gasteiger partial charge in [-0.25, -0.2) is 0 Å². The summed E-state index contributed by atoms with van der Waals surface area (Å²) in [6.07, 6.45) is 1.28. The second-order valence-electron chi connectivity index (χ2n) is 5.57. The van der Waals surface area contributed by atoms with Gasteiger partial charge in [-0.1, -0.05) is 30.3 Å². The average Bonchev–Trinajstić information content (AvgIpc) is 2.55. The fraction of sp³-hybridized carbons (Fsp3) is 0.353. The van der Waals surface area contributed by atoms with E-state index in [9.17, 15) is 9.90 Å². The highest BCUT2D eigenvalue weighted by Crippen LogP contribution is 2.22. The molecule has 0 unspecified atom stereocenters. The van der Waals surface area contributed by atoms with Gasteiger partial charge in [-0.2, -0.15) is 0 Å². The third kappa shape index (κ3) is 2.91. The van der Waals surface area contributed by atoms with Gasteiger partial charge in [0, 0.05) is 18.8 Å². The second-order valence-corrected chi connectivity index (χ2v) is 5.57. The molecule has 1 aliphatic heterocycles. The summed E-state index contributed by atoms with van der Waals surface area (Å²) in [4.78, 5) is 12.5. The molecule has 0 radical (unpaired) electrons. The number of carbonyl (C=O) groups excluding carboxylic acids is 1. The Balaban J connectivity index is 1.82. The fourth-order valence-corrected chi connectivity index (χ4v) is 2.73. The first-order valence-electron chi connectivity index (χ1n) is 7.22. The standard InChI is InChI=1S/C17H19NO3/c19-12-17(7-9-21-10-8-17)18-16(20)15-6-5-13-3-1-2-4-14(13)11-15/h1-6,11,19H,7-10,12H2,(H,18,20). The molecule has 1 heterocycles. The highest BCUT2D eigenvalue weighted by molar-refractivity contribution is 5.98. The maximum Gasteiger partial charge on any atom is 0.251 e. The van der Waals surface area contributed by atoms with Crippen LogP contribution in [-0.4, -0.2) is 36.4 Å². The number of amides is 1. The van der Waals surface area contributed by atoms with Crippen LogP contribution in [0.15, 0.2) is 42.5 Å². The summed E-state index contributed by atoms with van der Waals surface area (Å²) < 4.78 is 5.31. The van der Waals surface area contributed by atoms with E-state index < -0.39 is 5.54 Å². The number of ether oxygens (including phenoxy) is 1. The summed E-state index contributed by atoms with van der Waals surface area (Å²) >= 11 is 0. The zero-order valence-corrected chi connectivity index (χ0v) is 11.8. The minimum Gasteiger partial charge on any atom is -0.394 e. The van der Waals surface area contributed by atoms with Crippen molar-refractivity contribution in [1.82, 2.24) is 5.32 Å². The van der Waals surface area contributed by atoms with Gasteiger partial charge in [-0.05, 0) is 35.7 Å². The Morgan fingerprint density at radius 3 is 2.57 bits per heavy atom. The number of aliphatic hydroxyl groups is 1. The van der Waals surface area contributed by atoms with Crippen LogP contribution in [-0.2, 0) is 4.74 Å². The van der Waals surface area contributed by atoms with E-state index in [4.69, 9.17) is 4.74 Å². The van der Waals surface area contributed by atoms with E-state index in [1.165, 1.54) is 0 Å². The van der Waals surface area contributed by atoms with Crippen molar-refractivity contribution in [3.8, 4) is 0 Å². The van der Waals surface area contributed by atoms with Crippen LogP contribution in [0.5, 0.6) is 0 Å². The molecular formula is C17H19NO3. The van der Waals surface area contributed by atoms with Gasteiger partial charge < -0.3 is 15.2 Å². The number of fused-ring (bicyclic) bond motifs is 1. The molecule has 0 atom stereocenters. The van der Waals surface area contributed by atoms with Crippen LogP contribution in [0.2, 0.25) is 0 Å². The van der Waals surface area contributed by atoms with Crippen LogP contribution in [0.4, 0.5) is 0 Å². The van der Waals surface area contributed by atoms with Crippen molar-refractivity contribution < 1.29 is 14.6 Å². The Kier molecular flexibility index (Phi) is 3.90. The molecule has 0 aromatic heterocycles. The van der Waals surface area contributed by atoms with Gasteiger partial charge in [0.2, 0.25) is 0 Å². The van der Waals surface area contributed by atoms with Gasteiger partial charge in [0.05, 0.1) is 12.1 Å². The molecule has 0 bridgehead atoms. The Morgan fingerprint density at radius 1 is 1.14 bits per heavy atom. The summed E-state index contributed by atoms with van der Waals surface area (Å²) in [6, 6.07) is 13.6. The van der Waals surface area contributed by atoms with Crippen molar-refractivity contribution in [2.75, 3.05) is 19.8 Å². The van der Waals surface area contributed by atoms with E-state index in [-0.39, 0.29) is 12.5 Å². The lowest BCUT2D eigenvalue weighted by Gasteiger charge is -2.36. The van der Waals surface area contributed by atoms with Crippen molar-refractivity contribution >= 4 is 16.7 Å². The summed E-state index contributed by atoms with van der Waals surface area (Å²) in [5.41, 5.74) is 0.0639. The molecule has 0 spiro atoms. The number of rotatable bonds is 3. The van der Waals surface area contributed by atoms with Crippen LogP contribution in [0.3, 0.4) is 0 Å². The molecule has 1 fully saturated rings. The maximum atomic E-state index is 12.5. The van der Waals surface area contributed by atoms with Crippen LogP contribution in [0.25, 0.3) is 10.8 Å². The minimum atomic E-state index is -0.555. The molecule has 2 N–H and O–H groups in total. The van der Waals surface area contributed by atoms with Crippen LogP contribution < -0.4 is 5.32 Å². The van der Waals surface area contributed by atoms with E-state index in [1.54, 1.807) is 0 Å². The monoisotopic (exact) mass is 285 g/mol. The first-order valence-corrected chi connectivity index (χ1v) is 7.22. The maximum absolute atomic E-state index is 12.5. The molecule has 4 nitrogen and oxygen atoms in total. The van der Waals surface area contributed by atoms with Crippen LogP contribution >= 0.6 is 0 Å². The predicted molar refractivity (Wildman–Crippen MR) is 81.3 cm³/mol. The van der Waals surface area contributed by atoms with Crippen molar-refractivity contribution in [3.05, 3.63) is 48.0 Å². The highest BCUT2D eigenvalue weighted by Gasteiger charge is 2.33. The normalized spacial score (nSPS) is 17.6. The number of benzene rings is 2. The number of hydrogen-bond acceptors (Lipinski definition) is 3. The zero-order valence-electron chi connectivity index (χ0n) is 11.8. The molecular weight excluding hydrogens is 266 g/mol. The van der Waals surface area contributed by atoms with Gasteiger partial charge in [-0.15, -0.1) is 0 Å². The largest absolute Gasteiger partial charge is 0.394 e. The first kappa shape index (κ1) is 14.0. The number of nitrogens with one attached hydrogen (secondary N) is 1. The van der Waals surface area contributed by atoms with E-state index in [0.717, 1.165) is 10.8 Å². The third-order valence-corrected chi connectivity index (χ3v) is 4.14. The lowest BCUT2D eigenvalue weighted by atomic mass is 9.90. The Bertz CT molecular complexity index is 647. The van der Waals surface area contributed by atoms with Crippen molar-refractivity contribution in [2.24, 2.45) is 0 Å². The molecule has 2 aromatic carbocycles. The van der Waals surface area contributed by atoms with Gasteiger partial charge in [0.25, 0.3) is 5.91 Å². The molecule has 4 heteroatoms. The third-order valence-electron chi connectivity index (χ3n) is 4.14. The van der Waals surface area contributed by atoms with Crippen LogP contribution in [0, 0.1) is 0 Å². The lowest BCUT2D eigenvalue weighted by Crippen LogP contribution is -2.54. The Labute approximate surface area is 123 Å². The summed E-state index contributed by atoms with van der Waals surface area (Å²) in [5.74, 6) is -0.142. The summed E-state index contributed by atoms with van der Waals surface area (Å²) in [7, 11) is 0. The molecule has 0 saturated carbocycles. The first-order chi connectivity index (χ1) is 10.2. The minimum absolute atomic E-state index is 0.0598. The smallest absolute Gasteiger partial charge is 0.251 e. The van der Waals surface area contributed by atoms with Crippen molar-refractivity contribution in [3.63, 3.8) is 0 Å².